The summed E-state index contributed by atoms with van der Waals surface area (Å²) in [6.45, 7) is 5.84. The molecule has 0 fully saturated rings. The second kappa shape index (κ2) is 13.6. The Balaban J connectivity index is 1.51. The maximum absolute atomic E-state index is 13.5. The van der Waals surface area contributed by atoms with Gasteiger partial charge in [0.1, 0.15) is 6.04 Å². The first-order valence-electron chi connectivity index (χ1n) is 13.9. The van der Waals surface area contributed by atoms with E-state index in [0.717, 1.165) is 28.7 Å². The average Bonchev–Trinajstić information content (AvgIpc) is 2.97. The zero-order valence-electron chi connectivity index (χ0n) is 23.9. The summed E-state index contributed by atoms with van der Waals surface area (Å²) in [6, 6.07) is 17.7. The van der Waals surface area contributed by atoms with E-state index in [9.17, 15) is 24.3 Å². The molecule has 1 unspecified atom stereocenters. The van der Waals surface area contributed by atoms with E-state index in [1.807, 2.05) is 12.1 Å². The number of amides is 1. The van der Waals surface area contributed by atoms with E-state index in [2.05, 4.69) is 24.5 Å². The standard InChI is InChI=1S/C32H35ClN4O5/c1-20(2)16-17-34-19-22-11-15-28-25(18-22)30(39)37(32(42)36(28)3)23-12-8-21(9-13-23)10-14-27(31(40)41)35-29(38)24-6-4-5-7-26(24)33/h4-9,11-13,15,18,20,27,34H,10,14,16-17,19H2,1-3H3,(H,35,38)(H,40,41). The fourth-order valence-corrected chi connectivity index (χ4v) is 4.95. The van der Waals surface area contributed by atoms with Gasteiger partial charge in [-0.1, -0.05) is 55.8 Å². The van der Waals surface area contributed by atoms with Crippen molar-refractivity contribution in [1.82, 2.24) is 19.8 Å². The Bertz CT molecular complexity index is 1710. The van der Waals surface area contributed by atoms with E-state index in [1.54, 1.807) is 55.6 Å². The number of carbonyl (C=O) groups excluding carboxylic acids is 1. The zero-order valence-corrected chi connectivity index (χ0v) is 24.6. The van der Waals surface area contributed by atoms with Gasteiger partial charge in [-0.25, -0.2) is 14.2 Å². The average molecular weight is 591 g/mol. The molecule has 0 spiro atoms. The van der Waals surface area contributed by atoms with Crippen molar-refractivity contribution in [3.8, 4) is 5.69 Å². The number of rotatable bonds is 12. The molecule has 3 N–H and O–H groups in total. The largest absolute Gasteiger partial charge is 0.480 e. The lowest BCUT2D eigenvalue weighted by atomic mass is 10.0. The number of fused-ring (bicyclic) bond motifs is 1. The molecule has 1 atom stereocenters. The van der Waals surface area contributed by atoms with Gasteiger partial charge in [0.25, 0.3) is 11.5 Å². The van der Waals surface area contributed by atoms with Crippen molar-refractivity contribution in [2.45, 2.75) is 45.7 Å². The maximum Gasteiger partial charge on any atom is 0.335 e. The first-order chi connectivity index (χ1) is 20.1. The van der Waals surface area contributed by atoms with E-state index in [0.29, 0.717) is 35.5 Å². The Morgan fingerprint density at radius 3 is 2.31 bits per heavy atom. The third-order valence-corrected chi connectivity index (χ3v) is 7.53. The van der Waals surface area contributed by atoms with Crippen LogP contribution in [0.25, 0.3) is 16.6 Å². The van der Waals surface area contributed by atoms with Gasteiger partial charge in [-0.3, -0.25) is 14.2 Å². The number of aryl methyl sites for hydroxylation is 2. The van der Waals surface area contributed by atoms with Gasteiger partial charge in [-0.2, -0.15) is 0 Å². The van der Waals surface area contributed by atoms with Crippen LogP contribution in [0.15, 0.2) is 76.3 Å². The van der Waals surface area contributed by atoms with E-state index < -0.39 is 29.2 Å². The Kier molecular flexibility index (Phi) is 9.98. The second-order valence-electron chi connectivity index (χ2n) is 10.7. The molecule has 220 valence electrons. The Labute approximate surface area is 248 Å². The third kappa shape index (κ3) is 7.16. The van der Waals surface area contributed by atoms with Gasteiger partial charge in [0.15, 0.2) is 0 Å². The number of carbonyl (C=O) groups is 2. The lowest BCUT2D eigenvalue weighted by Crippen LogP contribution is -2.41. The molecule has 1 amide bonds. The van der Waals surface area contributed by atoms with Crippen LogP contribution in [0.3, 0.4) is 0 Å². The van der Waals surface area contributed by atoms with Gasteiger partial charge in [-0.05, 0) is 79.3 Å². The van der Waals surface area contributed by atoms with Crippen LogP contribution in [0.2, 0.25) is 5.02 Å². The molecule has 0 radical (unpaired) electrons. The number of aromatic nitrogens is 2. The normalized spacial score (nSPS) is 12.0. The molecule has 0 saturated heterocycles. The predicted octanol–water partition coefficient (Wildman–Crippen LogP) is 4.29. The fraction of sp³-hybridized carbons (Fsp3) is 0.312. The molecule has 4 aromatic rings. The number of benzene rings is 3. The number of nitrogens with zero attached hydrogens (tertiary/aromatic N) is 2. The molecule has 0 aliphatic rings. The van der Waals surface area contributed by atoms with Crippen LogP contribution in [-0.2, 0) is 24.8 Å². The minimum atomic E-state index is -1.16. The van der Waals surface area contributed by atoms with E-state index in [1.165, 1.54) is 10.6 Å². The van der Waals surface area contributed by atoms with Crippen LogP contribution >= 0.6 is 11.6 Å². The molecule has 0 aliphatic heterocycles. The number of nitrogens with one attached hydrogen (secondary N) is 2. The highest BCUT2D eigenvalue weighted by atomic mass is 35.5. The first kappa shape index (κ1) is 30.7. The van der Waals surface area contributed by atoms with Crippen molar-refractivity contribution in [1.29, 1.82) is 0 Å². The van der Waals surface area contributed by atoms with Gasteiger partial charge >= 0.3 is 11.7 Å². The Morgan fingerprint density at radius 1 is 0.952 bits per heavy atom. The summed E-state index contributed by atoms with van der Waals surface area (Å²) in [6.07, 6.45) is 1.54. The Morgan fingerprint density at radius 2 is 1.64 bits per heavy atom. The van der Waals surface area contributed by atoms with Crippen molar-refractivity contribution in [2.75, 3.05) is 6.54 Å². The molecule has 0 saturated carbocycles. The van der Waals surface area contributed by atoms with Gasteiger partial charge in [-0.15, -0.1) is 0 Å². The summed E-state index contributed by atoms with van der Waals surface area (Å²) in [5, 5.41) is 16.3. The van der Waals surface area contributed by atoms with Gasteiger partial charge in [0.05, 0.1) is 27.2 Å². The van der Waals surface area contributed by atoms with E-state index in [4.69, 9.17) is 11.6 Å². The van der Waals surface area contributed by atoms with Crippen LogP contribution < -0.4 is 21.9 Å². The van der Waals surface area contributed by atoms with Gasteiger partial charge in [0.2, 0.25) is 0 Å². The van der Waals surface area contributed by atoms with Gasteiger partial charge < -0.3 is 15.7 Å². The molecule has 9 nitrogen and oxygen atoms in total. The summed E-state index contributed by atoms with van der Waals surface area (Å²) < 4.78 is 2.60. The summed E-state index contributed by atoms with van der Waals surface area (Å²) in [4.78, 5) is 51.1. The van der Waals surface area contributed by atoms with E-state index >= 15 is 0 Å². The van der Waals surface area contributed by atoms with E-state index in [-0.39, 0.29) is 17.0 Å². The lowest BCUT2D eigenvalue weighted by molar-refractivity contribution is -0.139. The number of hydrogen-bond acceptors (Lipinski definition) is 5. The van der Waals surface area contributed by atoms with Crippen LogP contribution in [0.5, 0.6) is 0 Å². The van der Waals surface area contributed by atoms with Crippen molar-refractivity contribution < 1.29 is 14.7 Å². The maximum atomic E-state index is 13.5. The molecule has 42 heavy (non-hydrogen) atoms. The van der Waals surface area contributed by atoms with Crippen LogP contribution in [0.4, 0.5) is 0 Å². The van der Waals surface area contributed by atoms with Gasteiger partial charge in [0, 0.05) is 13.6 Å². The molecular weight excluding hydrogens is 556 g/mol. The fourth-order valence-electron chi connectivity index (χ4n) is 4.73. The molecular formula is C32H35ClN4O5. The summed E-state index contributed by atoms with van der Waals surface area (Å²) >= 11 is 6.07. The lowest BCUT2D eigenvalue weighted by Gasteiger charge is -2.15. The Hall–Kier alpha value is -4.21. The molecule has 4 rings (SSSR count). The van der Waals surface area contributed by atoms with Crippen molar-refractivity contribution in [2.24, 2.45) is 13.0 Å². The summed E-state index contributed by atoms with van der Waals surface area (Å²) in [5.74, 6) is -1.13. The third-order valence-electron chi connectivity index (χ3n) is 7.20. The van der Waals surface area contributed by atoms with Crippen LogP contribution in [0.1, 0.15) is 48.2 Å². The molecule has 0 bridgehead atoms. The molecule has 1 heterocycles. The van der Waals surface area contributed by atoms with Crippen LogP contribution in [-0.4, -0.2) is 38.7 Å². The molecule has 3 aromatic carbocycles. The number of aliphatic carboxylic acids is 1. The van der Waals surface area contributed by atoms with Crippen molar-refractivity contribution in [3.63, 3.8) is 0 Å². The van der Waals surface area contributed by atoms with Crippen molar-refractivity contribution >= 4 is 34.4 Å². The van der Waals surface area contributed by atoms with Crippen LogP contribution in [0, 0.1) is 5.92 Å². The minimum absolute atomic E-state index is 0.135. The van der Waals surface area contributed by atoms with Crippen molar-refractivity contribution in [3.05, 3.63) is 109 Å². The quantitative estimate of drug-likeness (QED) is 0.212. The predicted molar refractivity (Wildman–Crippen MR) is 165 cm³/mol. The highest BCUT2D eigenvalue weighted by Crippen LogP contribution is 2.17. The number of carboxylic acid groups (broad SMARTS) is 1. The monoisotopic (exact) mass is 590 g/mol. The zero-order chi connectivity index (χ0) is 30.4. The molecule has 1 aromatic heterocycles. The summed E-state index contributed by atoms with van der Waals surface area (Å²) in [7, 11) is 1.64. The summed E-state index contributed by atoms with van der Waals surface area (Å²) in [5.41, 5.74) is 2.05. The highest BCUT2D eigenvalue weighted by Gasteiger charge is 2.22. The first-order valence-corrected chi connectivity index (χ1v) is 14.3. The minimum Gasteiger partial charge on any atom is -0.480 e. The molecule has 0 aliphatic carbocycles. The number of halogens is 1. The second-order valence-corrected chi connectivity index (χ2v) is 11.1. The topological polar surface area (TPSA) is 122 Å². The number of hydrogen-bond donors (Lipinski definition) is 3. The SMILES string of the molecule is CC(C)CCNCc1ccc2c(c1)c(=O)n(-c1ccc(CCC(NC(=O)c3ccccc3Cl)C(=O)O)cc1)c(=O)n2C. The highest BCUT2D eigenvalue weighted by molar-refractivity contribution is 6.33. The smallest absolute Gasteiger partial charge is 0.335 e. The number of carboxylic acids is 1. The molecule has 10 heteroatoms.